The molecule has 0 radical (unpaired) electrons. The second-order valence-electron chi connectivity index (χ2n) is 5.70. The van der Waals surface area contributed by atoms with E-state index in [1.165, 1.54) is 6.07 Å². The Labute approximate surface area is 123 Å². The van der Waals surface area contributed by atoms with Crippen molar-refractivity contribution < 1.29 is 18.6 Å². The molecule has 1 fully saturated rings. The van der Waals surface area contributed by atoms with Crippen LogP contribution in [-0.4, -0.2) is 67.9 Å². The van der Waals surface area contributed by atoms with E-state index in [1.54, 1.807) is 0 Å². The van der Waals surface area contributed by atoms with Gasteiger partial charge in [0.15, 0.2) is 11.6 Å². The normalized spacial score (nSPS) is 21.7. The monoisotopic (exact) mass is 300 g/mol. The number of ether oxygens (including phenoxy) is 1. The molecule has 1 aromatic carbocycles. The summed E-state index contributed by atoms with van der Waals surface area (Å²) in [6.07, 6.45) is -0.732. The molecule has 0 aliphatic carbocycles. The van der Waals surface area contributed by atoms with E-state index < -0.39 is 17.7 Å². The van der Waals surface area contributed by atoms with E-state index >= 15 is 0 Å². The van der Waals surface area contributed by atoms with Crippen molar-refractivity contribution in [1.82, 2.24) is 9.80 Å². The summed E-state index contributed by atoms with van der Waals surface area (Å²) in [6.45, 7) is 3.27. The van der Waals surface area contributed by atoms with Crippen LogP contribution in [0.3, 0.4) is 0 Å². The Bertz CT molecular complexity index is 471. The van der Waals surface area contributed by atoms with Crippen LogP contribution in [0.25, 0.3) is 0 Å². The van der Waals surface area contributed by atoms with Crippen LogP contribution in [0.1, 0.15) is 11.7 Å². The minimum Gasteiger partial charge on any atom is -0.387 e. The maximum Gasteiger partial charge on any atom is 0.159 e. The van der Waals surface area contributed by atoms with E-state index in [-0.39, 0.29) is 6.10 Å². The van der Waals surface area contributed by atoms with Gasteiger partial charge in [0.05, 0.1) is 18.8 Å². The van der Waals surface area contributed by atoms with Gasteiger partial charge in [-0.15, -0.1) is 0 Å². The fraction of sp³-hybridized carbons (Fsp3) is 0.600. The quantitative estimate of drug-likeness (QED) is 0.888. The summed E-state index contributed by atoms with van der Waals surface area (Å²) >= 11 is 0. The van der Waals surface area contributed by atoms with Gasteiger partial charge < -0.3 is 14.7 Å². The van der Waals surface area contributed by atoms with Gasteiger partial charge in [-0.1, -0.05) is 6.07 Å². The summed E-state index contributed by atoms with van der Waals surface area (Å²) in [6, 6.07) is 3.51. The molecule has 0 spiro atoms. The van der Waals surface area contributed by atoms with Gasteiger partial charge in [-0.3, -0.25) is 4.90 Å². The molecule has 1 aliphatic rings. The third kappa shape index (κ3) is 4.71. The first-order valence-corrected chi connectivity index (χ1v) is 7.07. The molecule has 0 unspecified atom stereocenters. The van der Waals surface area contributed by atoms with E-state index in [9.17, 15) is 13.9 Å². The Hall–Kier alpha value is -1.08. The summed E-state index contributed by atoms with van der Waals surface area (Å²) in [4.78, 5) is 4.14. The number of benzene rings is 1. The molecular formula is C15H22F2N2O2. The first-order chi connectivity index (χ1) is 9.95. The predicted molar refractivity (Wildman–Crippen MR) is 76.1 cm³/mol. The zero-order chi connectivity index (χ0) is 15.4. The van der Waals surface area contributed by atoms with E-state index in [4.69, 9.17) is 4.74 Å². The predicted octanol–water partition coefficient (Wildman–Crippen LogP) is 1.26. The highest BCUT2D eigenvalue weighted by Crippen LogP contribution is 2.18. The highest BCUT2D eigenvalue weighted by molar-refractivity contribution is 5.20. The van der Waals surface area contributed by atoms with Crippen molar-refractivity contribution in [2.75, 3.05) is 46.9 Å². The smallest absolute Gasteiger partial charge is 0.159 e. The molecule has 1 N–H and O–H groups in total. The van der Waals surface area contributed by atoms with E-state index in [0.717, 1.165) is 31.8 Å². The maximum absolute atomic E-state index is 13.2. The average molecular weight is 300 g/mol. The van der Waals surface area contributed by atoms with Crippen LogP contribution in [0.2, 0.25) is 0 Å². The molecule has 2 rings (SSSR count). The molecule has 6 heteroatoms. The number of aliphatic hydroxyl groups is 1. The van der Waals surface area contributed by atoms with Crippen molar-refractivity contribution in [1.29, 1.82) is 0 Å². The van der Waals surface area contributed by atoms with Crippen LogP contribution in [0.4, 0.5) is 8.78 Å². The molecule has 0 bridgehead atoms. The van der Waals surface area contributed by atoms with Gasteiger partial charge in [0.2, 0.25) is 0 Å². The van der Waals surface area contributed by atoms with Gasteiger partial charge in [0.1, 0.15) is 0 Å². The number of aliphatic hydroxyl groups excluding tert-OH is 1. The summed E-state index contributed by atoms with van der Waals surface area (Å²) in [5, 5.41) is 10.2. The van der Waals surface area contributed by atoms with E-state index in [1.807, 2.05) is 14.1 Å². The van der Waals surface area contributed by atoms with Gasteiger partial charge in [-0.25, -0.2) is 8.78 Å². The Balaban J connectivity index is 1.92. The molecule has 1 aliphatic heterocycles. The molecule has 1 saturated heterocycles. The molecule has 4 nitrogen and oxygen atoms in total. The number of nitrogens with zero attached hydrogens (tertiary/aromatic N) is 2. The molecule has 0 saturated carbocycles. The maximum atomic E-state index is 13.2. The van der Waals surface area contributed by atoms with Crippen LogP contribution >= 0.6 is 0 Å². The van der Waals surface area contributed by atoms with Crippen LogP contribution in [0.5, 0.6) is 0 Å². The third-order valence-electron chi connectivity index (χ3n) is 3.55. The Morgan fingerprint density at radius 2 is 2.14 bits per heavy atom. The molecule has 1 aromatic rings. The summed E-state index contributed by atoms with van der Waals surface area (Å²) < 4.78 is 31.8. The number of rotatable bonds is 5. The Morgan fingerprint density at radius 3 is 2.81 bits per heavy atom. The second kappa shape index (κ2) is 7.26. The van der Waals surface area contributed by atoms with Gasteiger partial charge in [0, 0.05) is 26.2 Å². The topological polar surface area (TPSA) is 35.9 Å². The first kappa shape index (κ1) is 16.3. The van der Waals surface area contributed by atoms with Crippen LogP contribution in [0.15, 0.2) is 18.2 Å². The SMILES string of the molecule is CN(C)C[C@@H]1CN(C[C@@H](O)c2ccc(F)c(F)c2)CCO1. The zero-order valence-corrected chi connectivity index (χ0v) is 12.4. The number of β-amino-alcohol motifs (C(OH)–C–C–N with tert-alkyl or cyclic N) is 1. The standard InChI is InChI=1S/C15H22F2N2O2/c1-18(2)8-12-9-19(5-6-21-12)10-15(20)11-3-4-13(16)14(17)7-11/h3-4,7,12,15,20H,5-6,8-10H2,1-2H3/t12-,15-/m1/s1. The van der Waals surface area contributed by atoms with E-state index in [2.05, 4.69) is 9.80 Å². The van der Waals surface area contributed by atoms with Crippen molar-refractivity contribution in [3.63, 3.8) is 0 Å². The molecule has 1 heterocycles. The van der Waals surface area contributed by atoms with Crippen molar-refractivity contribution in [2.24, 2.45) is 0 Å². The lowest BCUT2D eigenvalue weighted by atomic mass is 10.1. The van der Waals surface area contributed by atoms with Crippen LogP contribution < -0.4 is 0 Å². The summed E-state index contributed by atoms with van der Waals surface area (Å²) in [5.74, 6) is -1.83. The van der Waals surface area contributed by atoms with Crippen molar-refractivity contribution in [3.8, 4) is 0 Å². The van der Waals surface area contributed by atoms with Gasteiger partial charge in [-0.2, -0.15) is 0 Å². The third-order valence-corrected chi connectivity index (χ3v) is 3.55. The molecular weight excluding hydrogens is 278 g/mol. The molecule has 118 valence electrons. The van der Waals surface area contributed by atoms with Crippen LogP contribution in [-0.2, 0) is 4.74 Å². The van der Waals surface area contributed by atoms with Crippen molar-refractivity contribution in [3.05, 3.63) is 35.4 Å². The molecule has 0 aromatic heterocycles. The number of hydrogen-bond acceptors (Lipinski definition) is 4. The van der Waals surface area contributed by atoms with Gasteiger partial charge >= 0.3 is 0 Å². The Morgan fingerprint density at radius 1 is 1.38 bits per heavy atom. The van der Waals surface area contributed by atoms with E-state index in [0.29, 0.717) is 18.7 Å². The number of likely N-dealkylation sites (N-methyl/N-ethyl adjacent to an activating group) is 1. The second-order valence-corrected chi connectivity index (χ2v) is 5.70. The Kier molecular flexibility index (Phi) is 5.64. The van der Waals surface area contributed by atoms with Crippen LogP contribution in [0, 0.1) is 11.6 Å². The number of morpholine rings is 1. The average Bonchev–Trinajstić information content (AvgIpc) is 2.41. The fourth-order valence-corrected chi connectivity index (χ4v) is 2.53. The lowest BCUT2D eigenvalue weighted by Crippen LogP contribution is -2.47. The fourth-order valence-electron chi connectivity index (χ4n) is 2.53. The largest absolute Gasteiger partial charge is 0.387 e. The van der Waals surface area contributed by atoms with Crippen molar-refractivity contribution >= 4 is 0 Å². The van der Waals surface area contributed by atoms with Gasteiger partial charge in [-0.05, 0) is 31.8 Å². The number of hydrogen-bond donors (Lipinski definition) is 1. The van der Waals surface area contributed by atoms with Gasteiger partial charge in [0.25, 0.3) is 0 Å². The van der Waals surface area contributed by atoms with Crippen molar-refractivity contribution in [2.45, 2.75) is 12.2 Å². The lowest BCUT2D eigenvalue weighted by molar-refractivity contribution is -0.0489. The lowest BCUT2D eigenvalue weighted by Gasteiger charge is -2.35. The number of halogens is 2. The molecule has 21 heavy (non-hydrogen) atoms. The highest BCUT2D eigenvalue weighted by atomic mass is 19.2. The minimum absolute atomic E-state index is 0.103. The molecule has 2 atom stereocenters. The molecule has 0 amide bonds. The zero-order valence-electron chi connectivity index (χ0n) is 12.4. The highest BCUT2D eigenvalue weighted by Gasteiger charge is 2.23. The summed E-state index contributed by atoms with van der Waals surface area (Å²) in [5.41, 5.74) is 0.393. The first-order valence-electron chi connectivity index (χ1n) is 7.07. The summed E-state index contributed by atoms with van der Waals surface area (Å²) in [7, 11) is 3.97. The minimum atomic E-state index is -0.931.